The van der Waals surface area contributed by atoms with Crippen molar-refractivity contribution in [3.8, 4) is 17.1 Å². The van der Waals surface area contributed by atoms with E-state index in [2.05, 4.69) is 15.3 Å². The number of aromatic nitrogens is 2. The van der Waals surface area contributed by atoms with Crippen LogP contribution in [0.3, 0.4) is 0 Å². The number of aromatic amines is 1. The molecule has 2 aliphatic rings. The maximum atomic E-state index is 12.8. The maximum absolute atomic E-state index is 12.8. The molecule has 0 aliphatic carbocycles. The van der Waals surface area contributed by atoms with Crippen LogP contribution in [0.2, 0.25) is 10.0 Å². The molecule has 1 amide bonds. The number of nitrogens with one attached hydrogen (secondary N) is 2. The van der Waals surface area contributed by atoms with Gasteiger partial charge in [-0.05, 0) is 36.4 Å². The van der Waals surface area contributed by atoms with Crippen molar-refractivity contribution in [2.75, 3.05) is 59.1 Å². The van der Waals surface area contributed by atoms with Gasteiger partial charge in [-0.2, -0.15) is 0 Å². The number of aliphatic carboxylic acids is 1. The average Bonchev–Trinajstić information content (AvgIpc) is 3.42. The molecule has 0 saturated carbocycles. The van der Waals surface area contributed by atoms with Crippen molar-refractivity contribution in [3.05, 3.63) is 68.1 Å². The van der Waals surface area contributed by atoms with Gasteiger partial charge < -0.3 is 34.4 Å². The first-order valence-electron chi connectivity index (χ1n) is 13.8. The van der Waals surface area contributed by atoms with E-state index < -0.39 is 17.4 Å². The van der Waals surface area contributed by atoms with Crippen LogP contribution in [-0.4, -0.2) is 103 Å². The molecule has 0 bridgehead atoms. The van der Waals surface area contributed by atoms with E-state index in [0.717, 1.165) is 0 Å². The molecule has 46 heavy (non-hydrogen) atoms. The van der Waals surface area contributed by atoms with Gasteiger partial charge in [-0.3, -0.25) is 14.4 Å². The summed E-state index contributed by atoms with van der Waals surface area (Å²) in [7, 11) is 1.58. The Balaban J connectivity index is 0.00000480. The zero-order valence-electron chi connectivity index (χ0n) is 24.0. The molecule has 0 spiro atoms. The third-order valence-electron chi connectivity index (χ3n) is 6.80. The van der Waals surface area contributed by atoms with Gasteiger partial charge in [0.1, 0.15) is 30.2 Å². The summed E-state index contributed by atoms with van der Waals surface area (Å²) < 4.78 is 21.7. The Labute approximate surface area is 279 Å². The van der Waals surface area contributed by atoms with Crippen molar-refractivity contribution >= 4 is 57.7 Å². The minimum atomic E-state index is -1.20. The van der Waals surface area contributed by atoms with Crippen LogP contribution in [0.4, 0.5) is 0 Å². The highest BCUT2D eigenvalue weighted by Crippen LogP contribution is 2.38. The number of methoxy groups -OCH3 is 1. The number of hydrogen-bond donors (Lipinski definition) is 3. The van der Waals surface area contributed by atoms with Crippen LogP contribution < -0.4 is 15.6 Å². The Morgan fingerprint density at radius 1 is 1.13 bits per heavy atom. The highest BCUT2D eigenvalue weighted by atomic mass is 35.5. The Morgan fingerprint density at radius 3 is 2.65 bits per heavy atom. The molecule has 1 fully saturated rings. The number of H-pyrrole nitrogens is 1. The Morgan fingerprint density at radius 2 is 1.87 bits per heavy atom. The van der Waals surface area contributed by atoms with Crippen LogP contribution in [0.25, 0.3) is 22.3 Å². The summed E-state index contributed by atoms with van der Waals surface area (Å²) in [5, 5.41) is 14.9. The lowest BCUT2D eigenvalue weighted by Crippen LogP contribution is -2.47. The number of carbonyl (C=O) groups excluding carboxylic acids is 1. The summed E-state index contributed by atoms with van der Waals surface area (Å²) in [6.45, 7) is 1.30. The molecular formula is C30H34Cl2N4O9S. The number of hydrogen-bond acceptors (Lipinski definition) is 11. The second-order valence-corrected chi connectivity index (χ2v) is 11.9. The SMILES string of the molecule is C.COCCOCCOCC(=O)N[C@@H]1CON2C(C(=O)O)=C(COc3ccc(Cl)cc3-c3nc4ccc(Cl)cc4c(=O)[nH]3)CSC12. The molecule has 1 unspecified atom stereocenters. The molecule has 2 atom stereocenters. The van der Waals surface area contributed by atoms with E-state index in [9.17, 15) is 19.5 Å². The Kier molecular flexibility index (Phi) is 12.7. The minimum Gasteiger partial charge on any atom is -0.488 e. The number of carboxylic acids is 1. The monoisotopic (exact) mass is 696 g/mol. The molecule has 5 rings (SSSR count). The lowest BCUT2D eigenvalue weighted by Gasteiger charge is -2.33. The predicted molar refractivity (Wildman–Crippen MR) is 174 cm³/mol. The Bertz CT molecular complexity index is 1650. The standard InChI is InChI=1S/C29H30Cl2N4O9S.CH4/c1-40-6-7-41-8-9-42-14-24(36)32-22-13-44-35-25(29(38)39)16(15-45-28(22)35)12-43-23-5-3-18(31)11-20(23)26-33-21-4-2-17(30)10-19(21)27(37)34-26;/h2-5,10-11,22,28H,6-9,12-15H2,1H3,(H,32,36)(H,38,39)(H,33,34,37);1H4/t22-,28?;/m1./s1. The summed E-state index contributed by atoms with van der Waals surface area (Å²) in [5.41, 5.74) is 0.855. The van der Waals surface area contributed by atoms with Crippen LogP contribution in [0.1, 0.15) is 7.43 Å². The van der Waals surface area contributed by atoms with Gasteiger partial charge in [0.25, 0.3) is 5.56 Å². The molecule has 13 nitrogen and oxygen atoms in total. The van der Waals surface area contributed by atoms with E-state index in [1.807, 2.05) is 0 Å². The van der Waals surface area contributed by atoms with Gasteiger partial charge in [0.05, 0.1) is 55.5 Å². The molecule has 3 N–H and O–H groups in total. The van der Waals surface area contributed by atoms with Crippen molar-refractivity contribution in [2.45, 2.75) is 18.8 Å². The largest absolute Gasteiger partial charge is 0.488 e. The van der Waals surface area contributed by atoms with Crippen molar-refractivity contribution in [1.82, 2.24) is 20.3 Å². The Hall–Kier alpha value is -3.37. The first-order valence-corrected chi connectivity index (χ1v) is 15.6. The number of carbonyl (C=O) groups is 2. The number of thioether (sulfide) groups is 1. The number of amides is 1. The fourth-order valence-electron chi connectivity index (χ4n) is 4.73. The summed E-state index contributed by atoms with van der Waals surface area (Å²) in [6, 6.07) is 9.18. The quantitative estimate of drug-likeness (QED) is 0.210. The zero-order valence-corrected chi connectivity index (χ0v) is 26.4. The number of halogens is 2. The highest BCUT2D eigenvalue weighted by molar-refractivity contribution is 8.00. The van der Waals surface area contributed by atoms with Crippen molar-refractivity contribution < 1.29 is 38.5 Å². The number of fused-ring (bicyclic) bond motifs is 2. The van der Waals surface area contributed by atoms with Crippen LogP contribution in [0, 0.1) is 0 Å². The summed E-state index contributed by atoms with van der Waals surface area (Å²) in [4.78, 5) is 50.7. The van der Waals surface area contributed by atoms with Crippen molar-refractivity contribution in [3.63, 3.8) is 0 Å². The maximum Gasteiger partial charge on any atom is 0.354 e. The molecular weight excluding hydrogens is 663 g/mol. The second-order valence-electron chi connectivity index (χ2n) is 9.92. The lowest BCUT2D eigenvalue weighted by molar-refractivity contribution is -0.145. The molecule has 1 saturated heterocycles. The van der Waals surface area contributed by atoms with Gasteiger partial charge in [0, 0.05) is 28.5 Å². The van der Waals surface area contributed by atoms with Crippen LogP contribution in [0.15, 0.2) is 52.5 Å². The van der Waals surface area contributed by atoms with Gasteiger partial charge >= 0.3 is 5.97 Å². The van der Waals surface area contributed by atoms with Crippen molar-refractivity contribution in [1.29, 1.82) is 0 Å². The number of benzene rings is 2. The topological polar surface area (TPSA) is 162 Å². The highest BCUT2D eigenvalue weighted by Gasteiger charge is 2.44. The minimum absolute atomic E-state index is 0. The van der Waals surface area contributed by atoms with Gasteiger partial charge in [0.2, 0.25) is 5.91 Å². The number of rotatable bonds is 14. The van der Waals surface area contributed by atoms with Gasteiger partial charge in [0.15, 0.2) is 5.70 Å². The van der Waals surface area contributed by atoms with Gasteiger partial charge in [-0.1, -0.05) is 30.6 Å². The van der Waals surface area contributed by atoms with Gasteiger partial charge in [-0.15, -0.1) is 11.8 Å². The third kappa shape index (κ3) is 8.50. The smallest absolute Gasteiger partial charge is 0.354 e. The first kappa shape index (κ1) is 35.5. The molecule has 2 aromatic carbocycles. The van der Waals surface area contributed by atoms with Crippen LogP contribution >= 0.6 is 35.0 Å². The van der Waals surface area contributed by atoms with E-state index in [-0.39, 0.29) is 56.8 Å². The molecule has 3 heterocycles. The molecule has 0 radical (unpaired) electrons. The van der Waals surface area contributed by atoms with Gasteiger partial charge in [-0.25, -0.2) is 14.8 Å². The molecule has 3 aromatic rings. The van der Waals surface area contributed by atoms with E-state index in [1.165, 1.54) is 22.9 Å². The fraction of sp³-hybridized carbons (Fsp3) is 0.400. The fourth-order valence-corrected chi connectivity index (χ4v) is 6.34. The third-order valence-corrected chi connectivity index (χ3v) is 8.65. The lowest BCUT2D eigenvalue weighted by atomic mass is 10.1. The van der Waals surface area contributed by atoms with Crippen LogP contribution in [0.5, 0.6) is 5.75 Å². The number of hydroxylamine groups is 2. The van der Waals surface area contributed by atoms with Crippen LogP contribution in [-0.2, 0) is 28.6 Å². The zero-order chi connectivity index (χ0) is 31.9. The van der Waals surface area contributed by atoms with E-state index in [0.29, 0.717) is 63.4 Å². The molecule has 16 heteroatoms. The molecule has 2 aliphatic heterocycles. The van der Waals surface area contributed by atoms with Crippen molar-refractivity contribution in [2.24, 2.45) is 0 Å². The predicted octanol–water partition coefficient (Wildman–Crippen LogP) is 3.74. The molecule has 248 valence electrons. The summed E-state index contributed by atoms with van der Waals surface area (Å²) >= 11 is 13.7. The second kappa shape index (κ2) is 16.5. The summed E-state index contributed by atoms with van der Waals surface area (Å²) in [5.74, 6) is -0.684. The van der Waals surface area contributed by atoms with E-state index >= 15 is 0 Å². The normalized spacial score (nSPS) is 17.5. The number of carboxylic acid groups (broad SMARTS) is 1. The van der Waals surface area contributed by atoms with E-state index in [4.69, 9.17) is 47.0 Å². The van der Waals surface area contributed by atoms with E-state index in [1.54, 1.807) is 37.4 Å². The summed E-state index contributed by atoms with van der Waals surface area (Å²) in [6.07, 6.45) is 0. The molecule has 1 aromatic heterocycles. The average molecular weight is 698 g/mol. The first-order chi connectivity index (χ1) is 21.7. The number of ether oxygens (including phenoxy) is 4. The number of nitrogens with zero attached hydrogens (tertiary/aromatic N) is 2.